The van der Waals surface area contributed by atoms with Gasteiger partial charge in [-0.3, -0.25) is 0 Å². The fourth-order valence-electron chi connectivity index (χ4n) is 1.86. The first kappa shape index (κ1) is 14.9. The zero-order chi connectivity index (χ0) is 15.1. The molecule has 0 fully saturated rings. The van der Waals surface area contributed by atoms with Crippen LogP contribution in [-0.2, 0) is 9.84 Å². The molecule has 0 aliphatic heterocycles. The smallest absolute Gasteiger partial charge is 0.182 e. The summed E-state index contributed by atoms with van der Waals surface area (Å²) in [6.45, 7) is 0. The second-order valence-electron chi connectivity index (χ2n) is 4.60. The molecule has 2 rings (SSSR count). The summed E-state index contributed by atoms with van der Waals surface area (Å²) in [5, 5.41) is 4.30. The van der Waals surface area contributed by atoms with Crippen LogP contribution in [0, 0.1) is 0 Å². The lowest BCUT2D eigenvalue weighted by molar-refractivity contribution is 0.602. The summed E-state index contributed by atoms with van der Waals surface area (Å²) in [5.74, 6) is 0.430. The number of aromatic nitrogens is 2. The van der Waals surface area contributed by atoms with Gasteiger partial charge >= 0.3 is 0 Å². The highest BCUT2D eigenvalue weighted by Gasteiger charge is 2.25. The van der Waals surface area contributed by atoms with Crippen LogP contribution in [0.4, 0.5) is 11.6 Å². The number of anilines is 2. The molecule has 0 aliphatic carbocycles. The van der Waals surface area contributed by atoms with Crippen LogP contribution in [0.2, 0.25) is 0 Å². The van der Waals surface area contributed by atoms with E-state index >= 15 is 0 Å². The Morgan fingerprint density at radius 1 is 1.35 bits per heavy atom. The van der Waals surface area contributed by atoms with E-state index in [2.05, 4.69) is 21.0 Å². The molecule has 1 aromatic carbocycles. The summed E-state index contributed by atoms with van der Waals surface area (Å²) in [4.78, 5) is 1.67. The molecule has 1 aromatic heterocycles. The van der Waals surface area contributed by atoms with E-state index in [1.54, 1.807) is 25.1 Å². The van der Waals surface area contributed by atoms with E-state index in [0.29, 0.717) is 11.5 Å². The Morgan fingerprint density at radius 2 is 2.00 bits per heavy atom. The molecule has 0 radical (unpaired) electrons. The van der Waals surface area contributed by atoms with E-state index in [4.69, 9.17) is 5.73 Å². The van der Waals surface area contributed by atoms with Crippen molar-refractivity contribution in [3.05, 3.63) is 28.7 Å². The van der Waals surface area contributed by atoms with Crippen molar-refractivity contribution in [2.75, 3.05) is 31.0 Å². The first-order valence-corrected chi connectivity index (χ1v) is 8.42. The molecule has 0 spiro atoms. The number of halogens is 1. The fraction of sp³-hybridized carbons (Fsp3) is 0.250. The van der Waals surface area contributed by atoms with E-state index < -0.39 is 9.84 Å². The van der Waals surface area contributed by atoms with E-state index in [9.17, 15) is 8.42 Å². The molecular formula is C12H15BrN4O2S. The van der Waals surface area contributed by atoms with Crippen LogP contribution in [0.1, 0.15) is 0 Å². The number of sulfone groups is 1. The predicted molar refractivity (Wildman–Crippen MR) is 83.1 cm³/mol. The number of hydrogen-bond donors (Lipinski definition) is 1. The topological polar surface area (TPSA) is 81.2 Å². The lowest BCUT2D eigenvalue weighted by Gasteiger charge is -2.09. The number of nitrogens with two attached hydrogens (primary N) is 1. The molecule has 0 bridgehead atoms. The average molecular weight is 359 g/mol. The minimum atomic E-state index is -3.47. The summed E-state index contributed by atoms with van der Waals surface area (Å²) >= 11 is 3.37. The predicted octanol–water partition coefficient (Wildman–Crippen LogP) is 1.69. The summed E-state index contributed by atoms with van der Waals surface area (Å²) in [6.07, 6.45) is 1.12. The van der Waals surface area contributed by atoms with Gasteiger partial charge in [0.2, 0.25) is 0 Å². The number of nitrogen functional groups attached to an aromatic ring is 1. The standard InChI is InChI=1S/C12H15BrN4O2S/c1-16(2)12-10(20(3,18)19)11(14)17(15-12)9-6-4-5-8(13)7-9/h4-7H,14H2,1-3H3. The number of hydrogen-bond acceptors (Lipinski definition) is 5. The Hall–Kier alpha value is -1.54. The maximum absolute atomic E-state index is 11.9. The van der Waals surface area contributed by atoms with Crippen molar-refractivity contribution in [3.63, 3.8) is 0 Å². The lowest BCUT2D eigenvalue weighted by atomic mass is 10.3. The van der Waals surface area contributed by atoms with Crippen molar-refractivity contribution in [1.82, 2.24) is 9.78 Å². The zero-order valence-electron chi connectivity index (χ0n) is 11.3. The Kier molecular flexibility index (Phi) is 3.79. The first-order valence-electron chi connectivity index (χ1n) is 5.73. The fourth-order valence-corrected chi connectivity index (χ4v) is 3.27. The lowest BCUT2D eigenvalue weighted by Crippen LogP contribution is -2.13. The van der Waals surface area contributed by atoms with Gasteiger partial charge in [-0.05, 0) is 18.2 Å². The number of rotatable bonds is 3. The second kappa shape index (κ2) is 5.10. The Labute approximate surface area is 126 Å². The zero-order valence-corrected chi connectivity index (χ0v) is 13.7. The highest BCUT2D eigenvalue weighted by molar-refractivity contribution is 9.10. The van der Waals surface area contributed by atoms with Crippen molar-refractivity contribution in [2.45, 2.75) is 4.90 Å². The summed E-state index contributed by atoms with van der Waals surface area (Å²) < 4.78 is 26.1. The molecular weight excluding hydrogens is 344 g/mol. The third-order valence-corrected chi connectivity index (χ3v) is 4.33. The van der Waals surface area contributed by atoms with Crippen molar-refractivity contribution in [3.8, 4) is 5.69 Å². The van der Waals surface area contributed by atoms with Gasteiger partial charge in [-0.2, -0.15) is 0 Å². The molecule has 8 heteroatoms. The van der Waals surface area contributed by atoms with Crippen LogP contribution in [0.25, 0.3) is 5.69 Å². The van der Waals surface area contributed by atoms with Gasteiger partial charge in [0.1, 0.15) is 5.82 Å². The molecule has 0 amide bonds. The minimum Gasteiger partial charge on any atom is -0.382 e. The molecule has 6 nitrogen and oxygen atoms in total. The van der Waals surface area contributed by atoms with Gasteiger partial charge in [0, 0.05) is 24.8 Å². The van der Waals surface area contributed by atoms with Crippen molar-refractivity contribution < 1.29 is 8.42 Å². The van der Waals surface area contributed by atoms with Crippen LogP contribution in [0.3, 0.4) is 0 Å². The van der Waals surface area contributed by atoms with Gasteiger partial charge in [-0.1, -0.05) is 22.0 Å². The van der Waals surface area contributed by atoms with E-state index in [0.717, 1.165) is 10.7 Å². The molecule has 1 heterocycles. The van der Waals surface area contributed by atoms with Gasteiger partial charge in [-0.15, -0.1) is 5.10 Å². The highest BCUT2D eigenvalue weighted by atomic mass is 79.9. The van der Waals surface area contributed by atoms with Crippen LogP contribution >= 0.6 is 15.9 Å². The largest absolute Gasteiger partial charge is 0.382 e. The summed E-state index contributed by atoms with van der Waals surface area (Å²) in [5.41, 5.74) is 6.68. The second-order valence-corrected chi connectivity index (χ2v) is 7.46. The SMILES string of the molecule is CN(C)c1nn(-c2cccc(Br)c2)c(N)c1S(C)(=O)=O. The molecule has 2 aromatic rings. The average Bonchev–Trinajstić information content (AvgIpc) is 2.66. The van der Waals surface area contributed by atoms with E-state index in [-0.39, 0.29) is 10.7 Å². The Balaban J connectivity index is 2.75. The molecule has 0 saturated carbocycles. The van der Waals surface area contributed by atoms with Gasteiger partial charge in [0.25, 0.3) is 0 Å². The Morgan fingerprint density at radius 3 is 2.45 bits per heavy atom. The molecule has 20 heavy (non-hydrogen) atoms. The summed E-state index contributed by atoms with van der Waals surface area (Å²) in [6, 6.07) is 7.32. The minimum absolute atomic E-state index is 0.0440. The third kappa shape index (κ3) is 2.66. The monoisotopic (exact) mass is 358 g/mol. The highest BCUT2D eigenvalue weighted by Crippen LogP contribution is 2.31. The van der Waals surface area contributed by atoms with Crippen LogP contribution in [-0.4, -0.2) is 38.5 Å². The van der Waals surface area contributed by atoms with E-state index in [1.807, 2.05) is 18.2 Å². The van der Waals surface area contributed by atoms with Crippen LogP contribution in [0.15, 0.2) is 33.6 Å². The quantitative estimate of drug-likeness (QED) is 0.902. The molecule has 0 aliphatic rings. The maximum atomic E-state index is 11.9. The Bertz CT molecular complexity index is 753. The first-order chi connectivity index (χ1) is 9.21. The van der Waals surface area contributed by atoms with Crippen molar-refractivity contribution in [1.29, 1.82) is 0 Å². The number of benzene rings is 1. The van der Waals surface area contributed by atoms with E-state index in [1.165, 1.54) is 4.68 Å². The normalized spacial score (nSPS) is 11.6. The summed E-state index contributed by atoms with van der Waals surface area (Å²) in [7, 11) is -0.0203. The van der Waals surface area contributed by atoms with Gasteiger partial charge in [0.05, 0.1) is 5.69 Å². The van der Waals surface area contributed by atoms with Gasteiger partial charge in [-0.25, -0.2) is 13.1 Å². The van der Waals surface area contributed by atoms with Crippen LogP contribution < -0.4 is 10.6 Å². The molecule has 0 saturated heterocycles. The molecule has 0 unspecified atom stereocenters. The van der Waals surface area contributed by atoms with Crippen molar-refractivity contribution >= 4 is 37.4 Å². The molecule has 2 N–H and O–H groups in total. The van der Waals surface area contributed by atoms with Crippen molar-refractivity contribution in [2.24, 2.45) is 0 Å². The number of nitrogens with zero attached hydrogens (tertiary/aromatic N) is 3. The molecule has 0 atom stereocenters. The van der Waals surface area contributed by atoms with Crippen LogP contribution in [0.5, 0.6) is 0 Å². The third-order valence-electron chi connectivity index (χ3n) is 2.71. The van der Waals surface area contributed by atoms with Gasteiger partial charge < -0.3 is 10.6 Å². The molecule has 108 valence electrons. The van der Waals surface area contributed by atoms with Gasteiger partial charge in [0.15, 0.2) is 20.6 Å². The maximum Gasteiger partial charge on any atom is 0.182 e.